The highest BCUT2D eigenvalue weighted by Crippen LogP contribution is 2.62. The Balaban J connectivity index is 2.72. The molecule has 0 aromatic rings. The molecule has 0 aliphatic carbocycles. The Labute approximate surface area is 86.9 Å². The van der Waals surface area contributed by atoms with E-state index in [1.54, 1.807) is 11.9 Å². The zero-order chi connectivity index (χ0) is 11.7. The summed E-state index contributed by atoms with van der Waals surface area (Å²) in [6.07, 6.45) is -4.77. The molecular weight excluding hydrogens is 236 g/mol. The van der Waals surface area contributed by atoms with Crippen LogP contribution in [0.3, 0.4) is 0 Å². The molecule has 15 heavy (non-hydrogen) atoms. The first-order valence-electron chi connectivity index (χ1n) is 4.34. The lowest BCUT2D eigenvalue weighted by Crippen LogP contribution is -2.39. The molecule has 8 heteroatoms. The monoisotopic (exact) mass is 249 g/mol. The van der Waals surface area contributed by atoms with Gasteiger partial charge >= 0.3 is 6.30 Å². The molecule has 1 saturated heterocycles. The Morgan fingerprint density at radius 3 is 2.13 bits per heavy atom. The lowest BCUT2D eigenvalue weighted by atomic mass is 10.6. The van der Waals surface area contributed by atoms with E-state index < -0.39 is 22.2 Å². The molecule has 1 fully saturated rings. The standard InChI is InChI=1S/C7H13F4N2OS/c1-13-2-4-15(5-3-13,6(8)14)12-7(9,10)11/h6,14H,2-5H2,1H3/q-1. The SMILES string of the molecule is CN1CCS([N-]C(F)(F)F)(C(O)F)CC1. The maximum absolute atomic E-state index is 12.9. The van der Waals surface area contributed by atoms with Crippen LogP contribution in [-0.4, -0.2) is 53.6 Å². The number of aliphatic hydroxyl groups is 1. The maximum atomic E-state index is 12.9. The summed E-state index contributed by atoms with van der Waals surface area (Å²) in [6.45, 7) is 0.659. The minimum Gasteiger partial charge on any atom is -0.523 e. The van der Waals surface area contributed by atoms with Crippen molar-refractivity contribution in [1.29, 1.82) is 0 Å². The number of hydrogen-bond acceptors (Lipinski definition) is 2. The topological polar surface area (TPSA) is 37.6 Å². The summed E-state index contributed by atoms with van der Waals surface area (Å²) < 4.78 is 51.8. The number of nitrogens with zero attached hydrogens (tertiary/aromatic N) is 2. The lowest BCUT2D eigenvalue weighted by molar-refractivity contribution is -0.0848. The Hall–Kier alpha value is -0.0500. The molecule has 1 atom stereocenters. The van der Waals surface area contributed by atoms with Crippen molar-refractivity contribution >= 4 is 10.2 Å². The summed E-state index contributed by atoms with van der Waals surface area (Å²) >= 11 is 0. The van der Waals surface area contributed by atoms with Crippen molar-refractivity contribution < 1.29 is 22.7 Å². The molecular formula is C7H13F4N2OS-. The van der Waals surface area contributed by atoms with Gasteiger partial charge in [-0.2, -0.15) is 13.2 Å². The predicted octanol–water partition coefficient (Wildman–Crippen LogP) is 1.79. The molecule has 1 N–H and O–H groups in total. The van der Waals surface area contributed by atoms with Crippen molar-refractivity contribution in [2.24, 2.45) is 0 Å². The molecule has 92 valence electrons. The fourth-order valence-corrected chi connectivity index (χ4v) is 3.91. The third kappa shape index (κ3) is 3.47. The van der Waals surface area contributed by atoms with Crippen molar-refractivity contribution in [3.05, 3.63) is 4.72 Å². The van der Waals surface area contributed by atoms with Crippen LogP contribution in [0.5, 0.6) is 0 Å². The van der Waals surface area contributed by atoms with Crippen LogP contribution in [0.4, 0.5) is 17.6 Å². The normalized spacial score (nSPS) is 27.3. The molecule has 1 heterocycles. The maximum Gasteiger partial charge on any atom is 0.318 e. The van der Waals surface area contributed by atoms with Crippen LogP contribution in [0.2, 0.25) is 0 Å². The molecule has 0 aromatic heterocycles. The smallest absolute Gasteiger partial charge is 0.318 e. The summed E-state index contributed by atoms with van der Waals surface area (Å²) in [5.41, 5.74) is -2.48. The fourth-order valence-electron chi connectivity index (χ4n) is 1.38. The number of hydrogen-bond donors (Lipinski definition) is 1. The average molecular weight is 249 g/mol. The largest absolute Gasteiger partial charge is 0.523 e. The van der Waals surface area contributed by atoms with Gasteiger partial charge in [-0.05, 0) is 18.6 Å². The van der Waals surface area contributed by atoms with Gasteiger partial charge < -0.3 is 14.7 Å². The Morgan fingerprint density at radius 2 is 1.80 bits per heavy atom. The van der Waals surface area contributed by atoms with Gasteiger partial charge in [-0.3, -0.25) is 10.2 Å². The molecule has 1 rings (SSSR count). The minimum atomic E-state index is -4.77. The van der Waals surface area contributed by atoms with Gasteiger partial charge in [0.05, 0.1) is 0 Å². The van der Waals surface area contributed by atoms with Crippen molar-refractivity contribution in [1.82, 2.24) is 4.90 Å². The summed E-state index contributed by atoms with van der Waals surface area (Å²) in [6, 6.07) is 0. The van der Waals surface area contributed by atoms with E-state index in [0.29, 0.717) is 13.1 Å². The van der Waals surface area contributed by atoms with E-state index in [-0.39, 0.29) is 11.5 Å². The van der Waals surface area contributed by atoms with Crippen molar-refractivity contribution in [2.45, 2.75) is 12.0 Å². The van der Waals surface area contributed by atoms with E-state index in [1.807, 2.05) is 0 Å². The highest BCUT2D eigenvalue weighted by Gasteiger charge is 2.33. The zero-order valence-corrected chi connectivity index (χ0v) is 8.98. The van der Waals surface area contributed by atoms with Gasteiger partial charge in [0.25, 0.3) is 0 Å². The average Bonchev–Trinajstić information content (AvgIpc) is 2.06. The van der Waals surface area contributed by atoms with Gasteiger partial charge in [0.15, 0.2) is 0 Å². The highest BCUT2D eigenvalue weighted by atomic mass is 32.3. The number of rotatable bonds is 2. The van der Waals surface area contributed by atoms with Gasteiger partial charge in [0.1, 0.15) is 0 Å². The van der Waals surface area contributed by atoms with Gasteiger partial charge in [-0.1, -0.05) is 0 Å². The first-order chi connectivity index (χ1) is 6.75. The van der Waals surface area contributed by atoms with Crippen LogP contribution >= 0.6 is 10.2 Å². The van der Waals surface area contributed by atoms with Crippen LogP contribution in [0.25, 0.3) is 4.72 Å². The van der Waals surface area contributed by atoms with E-state index in [0.717, 1.165) is 0 Å². The molecule has 1 unspecified atom stereocenters. The van der Waals surface area contributed by atoms with Crippen molar-refractivity contribution in [3.63, 3.8) is 0 Å². The lowest BCUT2D eigenvalue weighted by Gasteiger charge is -2.56. The molecule has 0 saturated carbocycles. The van der Waals surface area contributed by atoms with Gasteiger partial charge in [-0.25, -0.2) is 4.39 Å². The number of halogens is 4. The second-order valence-corrected chi connectivity index (χ2v) is 6.65. The molecule has 0 spiro atoms. The number of aliphatic hydroxyl groups excluding tert-OH is 1. The molecule has 0 radical (unpaired) electrons. The molecule has 1 aliphatic heterocycles. The van der Waals surface area contributed by atoms with Crippen LogP contribution < -0.4 is 0 Å². The second kappa shape index (κ2) is 4.44. The van der Waals surface area contributed by atoms with Crippen molar-refractivity contribution in [3.8, 4) is 0 Å². The zero-order valence-electron chi connectivity index (χ0n) is 8.17. The van der Waals surface area contributed by atoms with E-state index >= 15 is 0 Å². The summed E-state index contributed by atoms with van der Waals surface area (Å²) in [7, 11) is -1.22. The highest BCUT2D eigenvalue weighted by molar-refractivity contribution is 8.36. The van der Waals surface area contributed by atoms with Crippen LogP contribution in [0, 0.1) is 0 Å². The van der Waals surface area contributed by atoms with Crippen LogP contribution in [0.15, 0.2) is 0 Å². The van der Waals surface area contributed by atoms with E-state index in [2.05, 4.69) is 4.72 Å². The molecule has 1 aliphatic rings. The summed E-state index contributed by atoms with van der Waals surface area (Å²) in [4.78, 5) is 1.79. The fraction of sp³-hybridized carbons (Fsp3) is 1.00. The van der Waals surface area contributed by atoms with Gasteiger partial charge in [0.2, 0.25) is 5.69 Å². The quantitative estimate of drug-likeness (QED) is 0.598. The van der Waals surface area contributed by atoms with Crippen LogP contribution in [-0.2, 0) is 0 Å². The third-order valence-electron chi connectivity index (χ3n) is 2.30. The van der Waals surface area contributed by atoms with Gasteiger partial charge in [-0.15, -0.1) is 0 Å². The van der Waals surface area contributed by atoms with Crippen molar-refractivity contribution in [2.75, 3.05) is 31.6 Å². The predicted molar refractivity (Wildman–Crippen MR) is 51.4 cm³/mol. The van der Waals surface area contributed by atoms with E-state index in [1.165, 1.54) is 0 Å². The summed E-state index contributed by atoms with van der Waals surface area (Å²) in [5, 5.41) is 8.84. The third-order valence-corrected chi connectivity index (χ3v) is 5.37. The Bertz CT molecular complexity index is 216. The Kier molecular flexibility index (Phi) is 3.85. The second-order valence-electron chi connectivity index (χ2n) is 3.46. The number of alkyl halides is 4. The Morgan fingerprint density at radius 1 is 1.33 bits per heavy atom. The molecule has 0 bridgehead atoms. The first-order valence-corrected chi connectivity index (χ1v) is 6.33. The van der Waals surface area contributed by atoms with Gasteiger partial charge in [0, 0.05) is 13.1 Å². The molecule has 0 amide bonds. The van der Waals surface area contributed by atoms with Crippen LogP contribution in [0.1, 0.15) is 0 Å². The molecule has 0 aromatic carbocycles. The summed E-state index contributed by atoms with van der Waals surface area (Å²) in [5.74, 6) is -0.0820. The minimum absolute atomic E-state index is 0.0410. The molecule has 3 nitrogen and oxygen atoms in total. The van der Waals surface area contributed by atoms with E-state index in [4.69, 9.17) is 5.11 Å². The van der Waals surface area contributed by atoms with E-state index in [9.17, 15) is 17.6 Å². The first kappa shape index (κ1) is 13.0.